The first-order chi connectivity index (χ1) is 10.2. The van der Waals surface area contributed by atoms with Gasteiger partial charge in [-0.2, -0.15) is 0 Å². The number of phenols is 2. The molecule has 23 heavy (non-hydrogen) atoms. The van der Waals surface area contributed by atoms with Crippen LogP contribution in [0.2, 0.25) is 0 Å². The molecule has 9 heteroatoms. The zero-order valence-corrected chi connectivity index (χ0v) is 13.8. The minimum absolute atomic E-state index is 0. The third kappa shape index (κ3) is 6.23. The number of aromatic hydroxyl groups is 2. The quantitative estimate of drug-likeness (QED) is 0.550. The van der Waals surface area contributed by atoms with Crippen molar-refractivity contribution >= 4 is 49.7 Å². The predicted molar refractivity (Wildman–Crippen MR) is 74.8 cm³/mol. The first-order valence-corrected chi connectivity index (χ1v) is 5.69. The summed E-state index contributed by atoms with van der Waals surface area (Å²) in [5.41, 5.74) is -0.191. The van der Waals surface area contributed by atoms with Gasteiger partial charge >= 0.3 is 49.7 Å². The van der Waals surface area contributed by atoms with Crippen molar-refractivity contribution in [2.45, 2.75) is 0 Å². The summed E-state index contributed by atoms with van der Waals surface area (Å²) < 4.78 is 0. The van der Waals surface area contributed by atoms with Crippen LogP contribution in [0.4, 0.5) is 0 Å². The number of benzene rings is 2. The summed E-state index contributed by atoms with van der Waals surface area (Å²) in [6.45, 7) is 0. The molecular formula is C14H10CaO8. The molecule has 0 unspecified atom stereocenters. The van der Waals surface area contributed by atoms with Crippen molar-refractivity contribution in [2.75, 3.05) is 0 Å². The van der Waals surface area contributed by atoms with Crippen LogP contribution in [0.1, 0.15) is 20.7 Å². The predicted octanol–water partition coefficient (Wildman–Crippen LogP) is -0.0528. The van der Waals surface area contributed by atoms with Gasteiger partial charge in [0.2, 0.25) is 0 Å². The Morgan fingerprint density at radius 3 is 1.26 bits per heavy atom. The van der Waals surface area contributed by atoms with Crippen LogP contribution in [0.3, 0.4) is 0 Å². The maximum absolute atomic E-state index is 10.6. The van der Waals surface area contributed by atoms with Gasteiger partial charge < -0.3 is 30.6 Å². The molecule has 0 spiro atoms. The van der Waals surface area contributed by atoms with E-state index in [0.717, 1.165) is 36.4 Å². The Morgan fingerprint density at radius 1 is 0.739 bits per heavy atom. The van der Waals surface area contributed by atoms with E-state index in [-0.39, 0.29) is 48.9 Å². The van der Waals surface area contributed by atoms with Crippen LogP contribution in [0, 0.1) is 0 Å². The van der Waals surface area contributed by atoms with Gasteiger partial charge in [0, 0.05) is 0 Å². The SMILES string of the molecule is O=C(O)c1ccc([O-])c(O)c1.O=C(O)c1ccc([O-])c(O)c1.[Ca+2]. The summed E-state index contributed by atoms with van der Waals surface area (Å²) >= 11 is 0. The molecule has 0 radical (unpaired) electrons. The average Bonchev–Trinajstić information content (AvgIpc) is 2.45. The minimum Gasteiger partial charge on any atom is -0.870 e. The normalized spacial score (nSPS) is 9.04. The largest absolute Gasteiger partial charge is 2.00 e. The van der Waals surface area contributed by atoms with E-state index in [9.17, 15) is 19.8 Å². The first kappa shape index (κ1) is 20.8. The maximum Gasteiger partial charge on any atom is 2.00 e. The molecule has 0 amide bonds. The van der Waals surface area contributed by atoms with Crippen LogP contribution >= 0.6 is 0 Å². The molecule has 8 nitrogen and oxygen atoms in total. The molecule has 116 valence electrons. The summed E-state index contributed by atoms with van der Waals surface area (Å²) in [7, 11) is 0. The molecule has 0 bridgehead atoms. The summed E-state index contributed by atoms with van der Waals surface area (Å²) in [6.07, 6.45) is 0. The minimum atomic E-state index is -1.17. The van der Waals surface area contributed by atoms with Crippen LogP contribution in [0.25, 0.3) is 0 Å². The Bertz CT molecular complexity index is 652. The molecule has 0 atom stereocenters. The fourth-order valence-electron chi connectivity index (χ4n) is 1.30. The van der Waals surface area contributed by atoms with E-state index in [1.54, 1.807) is 0 Å². The third-order valence-corrected chi connectivity index (χ3v) is 2.41. The first-order valence-electron chi connectivity index (χ1n) is 5.69. The van der Waals surface area contributed by atoms with Gasteiger partial charge in [-0.05, 0) is 24.3 Å². The number of hydrogen-bond acceptors (Lipinski definition) is 6. The third-order valence-electron chi connectivity index (χ3n) is 2.41. The van der Waals surface area contributed by atoms with Crippen LogP contribution in [-0.4, -0.2) is 70.1 Å². The molecule has 0 saturated carbocycles. The molecule has 0 heterocycles. The fourth-order valence-corrected chi connectivity index (χ4v) is 1.30. The molecular weight excluding hydrogens is 336 g/mol. The van der Waals surface area contributed by atoms with Gasteiger partial charge in [-0.25, -0.2) is 9.59 Å². The second-order valence-corrected chi connectivity index (χ2v) is 3.98. The van der Waals surface area contributed by atoms with Crippen molar-refractivity contribution in [1.82, 2.24) is 0 Å². The Kier molecular flexibility index (Phi) is 8.23. The molecule has 2 aromatic carbocycles. The maximum atomic E-state index is 10.6. The van der Waals surface area contributed by atoms with E-state index in [4.69, 9.17) is 20.4 Å². The van der Waals surface area contributed by atoms with E-state index in [0.29, 0.717) is 0 Å². The fraction of sp³-hybridized carbons (Fsp3) is 0. The zero-order chi connectivity index (χ0) is 16.9. The summed E-state index contributed by atoms with van der Waals surface area (Å²) in [4.78, 5) is 20.5. The van der Waals surface area contributed by atoms with Crippen LogP contribution < -0.4 is 10.2 Å². The molecule has 0 aliphatic heterocycles. The number of rotatable bonds is 2. The van der Waals surface area contributed by atoms with Crippen molar-refractivity contribution in [3.63, 3.8) is 0 Å². The number of carbonyl (C=O) groups is 2. The summed E-state index contributed by atoms with van der Waals surface area (Å²) in [5, 5.41) is 55.4. The van der Waals surface area contributed by atoms with Gasteiger partial charge in [0.1, 0.15) is 11.5 Å². The number of carboxylic acids is 2. The van der Waals surface area contributed by atoms with Crippen LogP contribution in [0.15, 0.2) is 36.4 Å². The summed E-state index contributed by atoms with van der Waals surface area (Å²) in [6, 6.07) is 6.15. The second-order valence-electron chi connectivity index (χ2n) is 3.98. The molecule has 2 rings (SSSR count). The van der Waals surface area contributed by atoms with Gasteiger partial charge in [0.25, 0.3) is 0 Å². The van der Waals surface area contributed by atoms with E-state index in [1.807, 2.05) is 0 Å². The van der Waals surface area contributed by atoms with Gasteiger partial charge in [-0.1, -0.05) is 23.6 Å². The molecule has 0 fully saturated rings. The van der Waals surface area contributed by atoms with E-state index < -0.39 is 34.9 Å². The van der Waals surface area contributed by atoms with Crippen molar-refractivity contribution < 1.29 is 40.2 Å². The van der Waals surface area contributed by atoms with Crippen molar-refractivity contribution in [2.24, 2.45) is 0 Å². The molecule has 0 saturated heterocycles. The summed E-state index contributed by atoms with van der Waals surface area (Å²) in [5.74, 6) is -4.56. The molecule has 0 aliphatic carbocycles. The van der Waals surface area contributed by atoms with Crippen molar-refractivity contribution in [3.8, 4) is 23.0 Å². The Balaban J connectivity index is 0.000000403. The Morgan fingerprint density at radius 2 is 1.04 bits per heavy atom. The average molecular weight is 346 g/mol. The molecule has 2 aromatic rings. The number of phenolic OH excluding ortho intramolecular Hbond substituents is 2. The van der Waals surface area contributed by atoms with Crippen molar-refractivity contribution in [1.29, 1.82) is 0 Å². The van der Waals surface area contributed by atoms with E-state index in [2.05, 4.69) is 0 Å². The molecule has 0 aromatic heterocycles. The Labute approximate surface area is 159 Å². The van der Waals surface area contributed by atoms with Gasteiger partial charge in [-0.3, -0.25) is 0 Å². The van der Waals surface area contributed by atoms with Crippen LogP contribution in [-0.2, 0) is 0 Å². The zero-order valence-electron chi connectivity index (χ0n) is 11.6. The van der Waals surface area contributed by atoms with Gasteiger partial charge in [-0.15, -0.1) is 0 Å². The van der Waals surface area contributed by atoms with Gasteiger partial charge in [0.05, 0.1) is 11.1 Å². The second kappa shape index (κ2) is 9.09. The van der Waals surface area contributed by atoms with Crippen LogP contribution in [0.5, 0.6) is 23.0 Å². The topological polar surface area (TPSA) is 161 Å². The van der Waals surface area contributed by atoms with Gasteiger partial charge in [0.15, 0.2) is 0 Å². The number of aromatic carboxylic acids is 2. The molecule has 4 N–H and O–H groups in total. The standard InChI is InChI=1S/2C7H6O4.Ca/c2*8-5-2-1-4(7(10)11)3-6(5)9;/h2*1-3,8-9H,(H,10,11);/q;;+2/p-2. The van der Waals surface area contributed by atoms with Crippen molar-refractivity contribution in [3.05, 3.63) is 47.5 Å². The number of hydrogen-bond donors (Lipinski definition) is 4. The Hall–Kier alpha value is -2.16. The number of carboxylic acid groups (broad SMARTS) is 2. The molecule has 0 aliphatic rings. The monoisotopic (exact) mass is 346 g/mol. The van der Waals surface area contributed by atoms with E-state index >= 15 is 0 Å². The van der Waals surface area contributed by atoms with E-state index in [1.165, 1.54) is 0 Å². The smallest absolute Gasteiger partial charge is 0.870 e.